The Labute approximate surface area is 155 Å². The van der Waals surface area contributed by atoms with E-state index < -0.39 is 8.07 Å². The number of aromatic amines is 1. The molecule has 0 aromatic carbocycles. The normalized spacial score (nSPS) is 19.3. The van der Waals surface area contributed by atoms with Gasteiger partial charge in [0.2, 0.25) is 0 Å². The number of fused-ring (bicyclic) bond motifs is 1. The summed E-state index contributed by atoms with van der Waals surface area (Å²) in [5.74, 6) is 0. The first-order chi connectivity index (χ1) is 12.3. The Kier molecular flexibility index (Phi) is 5.96. The zero-order chi connectivity index (χ0) is 18.7. The van der Waals surface area contributed by atoms with Crippen LogP contribution in [0, 0.1) is 0 Å². The zero-order valence-corrected chi connectivity index (χ0v) is 17.2. The van der Waals surface area contributed by atoms with Crippen LogP contribution < -0.4 is 5.56 Å². The molecule has 0 spiro atoms. The van der Waals surface area contributed by atoms with Gasteiger partial charge in [0.05, 0.1) is 24.6 Å². The third-order valence-electron chi connectivity index (χ3n) is 4.70. The van der Waals surface area contributed by atoms with Crippen molar-refractivity contribution in [1.29, 1.82) is 0 Å². The van der Waals surface area contributed by atoms with Crippen LogP contribution in [0.1, 0.15) is 12.6 Å². The molecule has 0 saturated carbocycles. The number of nitrogens with one attached hydrogen (secondary N) is 1. The van der Waals surface area contributed by atoms with E-state index in [0.717, 1.165) is 50.1 Å². The van der Waals surface area contributed by atoms with Crippen LogP contribution in [-0.4, -0.2) is 59.9 Å². The largest absolute Gasteiger partial charge is 0.376 e. The molecule has 26 heavy (non-hydrogen) atoms. The SMILES string of the molecule is C[C@@H]1CN(Cc2cc3nc[nH]c(=O)c3n2COCC[Si](C)(C)C)CCO1. The van der Waals surface area contributed by atoms with Gasteiger partial charge in [0.25, 0.3) is 5.56 Å². The predicted octanol–water partition coefficient (Wildman–Crippen LogP) is 2.26. The third kappa shape index (κ3) is 4.82. The van der Waals surface area contributed by atoms with Gasteiger partial charge in [0.15, 0.2) is 0 Å². The number of ether oxygens (including phenoxy) is 2. The zero-order valence-electron chi connectivity index (χ0n) is 16.2. The minimum absolute atomic E-state index is 0.120. The Morgan fingerprint density at radius 1 is 1.42 bits per heavy atom. The fourth-order valence-electron chi connectivity index (χ4n) is 3.23. The van der Waals surface area contributed by atoms with Crippen LogP contribution in [-0.2, 0) is 22.7 Å². The average Bonchev–Trinajstić information content (AvgIpc) is 2.89. The van der Waals surface area contributed by atoms with Crippen molar-refractivity contribution < 1.29 is 9.47 Å². The van der Waals surface area contributed by atoms with Crippen molar-refractivity contribution in [2.45, 2.75) is 52.0 Å². The molecular weight excluding hydrogens is 348 g/mol. The van der Waals surface area contributed by atoms with E-state index in [0.29, 0.717) is 12.2 Å². The van der Waals surface area contributed by atoms with Gasteiger partial charge in [0.1, 0.15) is 12.2 Å². The molecule has 3 rings (SSSR count). The minimum Gasteiger partial charge on any atom is -0.376 e. The Morgan fingerprint density at radius 2 is 2.23 bits per heavy atom. The summed E-state index contributed by atoms with van der Waals surface area (Å²) in [5.41, 5.74) is 2.26. The Morgan fingerprint density at radius 3 is 2.96 bits per heavy atom. The summed E-state index contributed by atoms with van der Waals surface area (Å²) in [6.45, 7) is 13.5. The molecule has 0 unspecified atom stereocenters. The van der Waals surface area contributed by atoms with Crippen LogP contribution in [0.15, 0.2) is 17.2 Å². The maximum absolute atomic E-state index is 12.4. The van der Waals surface area contributed by atoms with Gasteiger partial charge in [-0.3, -0.25) is 9.69 Å². The lowest BCUT2D eigenvalue weighted by Crippen LogP contribution is -2.40. The fourth-order valence-corrected chi connectivity index (χ4v) is 3.98. The number of nitrogens with zero attached hydrogens (tertiary/aromatic N) is 3. The van der Waals surface area contributed by atoms with E-state index in [1.807, 2.05) is 10.6 Å². The van der Waals surface area contributed by atoms with Gasteiger partial charge in [0, 0.05) is 40.0 Å². The fraction of sp³-hybridized carbons (Fsp3) is 0.667. The highest BCUT2D eigenvalue weighted by molar-refractivity contribution is 6.76. The van der Waals surface area contributed by atoms with Crippen molar-refractivity contribution in [3.63, 3.8) is 0 Å². The van der Waals surface area contributed by atoms with Crippen molar-refractivity contribution in [1.82, 2.24) is 19.4 Å². The average molecular weight is 379 g/mol. The van der Waals surface area contributed by atoms with Gasteiger partial charge in [-0.25, -0.2) is 4.98 Å². The summed E-state index contributed by atoms with van der Waals surface area (Å²) in [7, 11) is -1.14. The van der Waals surface area contributed by atoms with Crippen molar-refractivity contribution in [2.24, 2.45) is 0 Å². The summed E-state index contributed by atoms with van der Waals surface area (Å²) in [4.78, 5) is 21.7. The Balaban J connectivity index is 1.80. The Hall–Kier alpha value is -1.48. The summed E-state index contributed by atoms with van der Waals surface area (Å²) < 4.78 is 13.5. The lowest BCUT2D eigenvalue weighted by molar-refractivity contribution is -0.0224. The number of morpholine rings is 1. The highest BCUT2D eigenvalue weighted by Gasteiger charge is 2.20. The number of rotatable bonds is 7. The second-order valence-corrected chi connectivity index (χ2v) is 13.9. The van der Waals surface area contributed by atoms with E-state index in [1.54, 1.807) is 0 Å². The van der Waals surface area contributed by atoms with E-state index in [2.05, 4.69) is 41.4 Å². The van der Waals surface area contributed by atoms with Gasteiger partial charge >= 0.3 is 0 Å². The van der Waals surface area contributed by atoms with Crippen molar-refractivity contribution in [3.8, 4) is 0 Å². The number of aromatic nitrogens is 3. The highest BCUT2D eigenvalue weighted by Crippen LogP contribution is 2.18. The third-order valence-corrected chi connectivity index (χ3v) is 6.41. The smallest absolute Gasteiger partial charge is 0.275 e. The lowest BCUT2D eigenvalue weighted by atomic mass is 10.3. The molecule has 1 aliphatic heterocycles. The van der Waals surface area contributed by atoms with Gasteiger partial charge in [-0.2, -0.15) is 0 Å². The molecular formula is C18H30N4O3Si. The number of hydrogen-bond acceptors (Lipinski definition) is 5. The molecule has 3 heterocycles. The molecule has 144 valence electrons. The second kappa shape index (κ2) is 8.04. The van der Waals surface area contributed by atoms with Crippen LogP contribution >= 0.6 is 0 Å². The molecule has 1 atom stereocenters. The van der Waals surface area contributed by atoms with Gasteiger partial charge < -0.3 is 19.0 Å². The molecule has 0 aliphatic carbocycles. The van der Waals surface area contributed by atoms with E-state index in [4.69, 9.17) is 9.47 Å². The van der Waals surface area contributed by atoms with E-state index in [1.165, 1.54) is 6.33 Å². The minimum atomic E-state index is -1.14. The number of hydrogen-bond donors (Lipinski definition) is 1. The van der Waals surface area contributed by atoms with E-state index in [-0.39, 0.29) is 11.7 Å². The highest BCUT2D eigenvalue weighted by atomic mass is 28.3. The van der Waals surface area contributed by atoms with Gasteiger partial charge in [-0.15, -0.1) is 0 Å². The molecule has 1 aliphatic rings. The van der Waals surface area contributed by atoms with Crippen LogP contribution in [0.25, 0.3) is 11.0 Å². The summed E-state index contributed by atoms with van der Waals surface area (Å²) in [5, 5.41) is 0. The molecule has 0 radical (unpaired) electrons. The molecule has 2 aromatic heterocycles. The summed E-state index contributed by atoms with van der Waals surface area (Å²) in [6.07, 6.45) is 1.69. The standard InChI is InChI=1S/C18H30N4O3Si/c1-14-10-21(5-6-25-14)11-15-9-16-17(18(23)20-12-19-16)22(15)13-24-7-8-26(2,3)4/h9,12,14H,5-8,10-11,13H2,1-4H3,(H,19,20,23)/t14-/m1/s1. The first kappa shape index (κ1) is 19.3. The topological polar surface area (TPSA) is 72.4 Å². The molecule has 8 heteroatoms. The van der Waals surface area contributed by atoms with Crippen molar-refractivity contribution in [2.75, 3.05) is 26.3 Å². The molecule has 7 nitrogen and oxygen atoms in total. The first-order valence-corrected chi connectivity index (χ1v) is 13.0. The molecule has 1 N–H and O–H groups in total. The van der Waals surface area contributed by atoms with Crippen LogP contribution in [0.2, 0.25) is 25.7 Å². The molecule has 0 amide bonds. The predicted molar refractivity (Wildman–Crippen MR) is 105 cm³/mol. The van der Waals surface area contributed by atoms with Crippen LogP contribution in [0.4, 0.5) is 0 Å². The lowest BCUT2D eigenvalue weighted by Gasteiger charge is -2.31. The van der Waals surface area contributed by atoms with Crippen LogP contribution in [0.3, 0.4) is 0 Å². The molecule has 1 saturated heterocycles. The van der Waals surface area contributed by atoms with E-state index >= 15 is 0 Å². The van der Waals surface area contributed by atoms with Crippen LogP contribution in [0.5, 0.6) is 0 Å². The van der Waals surface area contributed by atoms with Crippen molar-refractivity contribution in [3.05, 3.63) is 28.4 Å². The maximum atomic E-state index is 12.4. The summed E-state index contributed by atoms with van der Waals surface area (Å²) in [6, 6.07) is 3.11. The summed E-state index contributed by atoms with van der Waals surface area (Å²) >= 11 is 0. The number of H-pyrrole nitrogens is 1. The van der Waals surface area contributed by atoms with Gasteiger partial charge in [-0.1, -0.05) is 19.6 Å². The first-order valence-electron chi connectivity index (χ1n) is 9.31. The molecule has 1 fully saturated rings. The molecule has 2 aromatic rings. The maximum Gasteiger partial charge on any atom is 0.275 e. The molecule has 0 bridgehead atoms. The van der Waals surface area contributed by atoms with Gasteiger partial charge in [-0.05, 0) is 19.0 Å². The quantitative estimate of drug-likeness (QED) is 0.591. The van der Waals surface area contributed by atoms with E-state index in [9.17, 15) is 4.79 Å². The van der Waals surface area contributed by atoms with Crippen molar-refractivity contribution >= 4 is 19.1 Å². The monoisotopic (exact) mass is 378 g/mol. The second-order valence-electron chi connectivity index (χ2n) is 8.29. The Bertz CT molecular complexity index is 796.